The van der Waals surface area contributed by atoms with E-state index in [0.717, 1.165) is 10.7 Å². The van der Waals surface area contributed by atoms with Crippen molar-refractivity contribution in [3.8, 4) is 11.4 Å². The highest BCUT2D eigenvalue weighted by atomic mass is 35.5. The first-order valence-corrected chi connectivity index (χ1v) is 8.54. The summed E-state index contributed by atoms with van der Waals surface area (Å²) in [6, 6.07) is 7.98. The Bertz CT molecular complexity index is 1050. The van der Waals surface area contributed by atoms with Crippen molar-refractivity contribution in [2.75, 3.05) is 7.11 Å². The number of methoxy groups -OCH3 is 1. The van der Waals surface area contributed by atoms with Gasteiger partial charge in [-0.15, -0.1) is 5.10 Å². The van der Waals surface area contributed by atoms with Gasteiger partial charge in [0.15, 0.2) is 5.82 Å². The van der Waals surface area contributed by atoms with E-state index in [4.69, 9.17) is 16.3 Å². The van der Waals surface area contributed by atoms with Crippen molar-refractivity contribution in [2.45, 2.75) is 19.7 Å². The van der Waals surface area contributed by atoms with Crippen LogP contribution in [0.1, 0.15) is 27.3 Å². The number of rotatable bonds is 5. The quantitative estimate of drug-likeness (QED) is 0.574. The number of benzene rings is 2. The number of tetrazole rings is 1. The van der Waals surface area contributed by atoms with Crippen LogP contribution < -0.4 is 4.74 Å². The summed E-state index contributed by atoms with van der Waals surface area (Å²) >= 11 is 5.71. The molecule has 1 heterocycles. The Balaban J connectivity index is 1.91. The summed E-state index contributed by atoms with van der Waals surface area (Å²) in [5, 5.41) is 10.8. The van der Waals surface area contributed by atoms with Gasteiger partial charge in [-0.2, -0.15) is 17.9 Å². The molecule has 0 saturated carbocycles. The Labute approximate surface area is 168 Å². The van der Waals surface area contributed by atoms with Gasteiger partial charge >= 0.3 is 12.1 Å². The van der Waals surface area contributed by atoms with E-state index in [0.29, 0.717) is 11.3 Å². The highest BCUT2D eigenvalue weighted by Crippen LogP contribution is 2.35. The molecule has 0 saturated heterocycles. The van der Waals surface area contributed by atoms with Crippen LogP contribution in [0.25, 0.3) is 5.69 Å². The molecular formula is C18H14ClF3N4O3. The molecule has 3 aromatic rings. The maximum Gasteiger partial charge on any atom is 0.418 e. The first kappa shape index (κ1) is 20.6. The molecule has 0 fully saturated rings. The molecule has 29 heavy (non-hydrogen) atoms. The van der Waals surface area contributed by atoms with E-state index >= 15 is 0 Å². The number of aryl methyl sites for hydroxylation is 1. The second-order valence-corrected chi connectivity index (χ2v) is 6.36. The van der Waals surface area contributed by atoms with Gasteiger partial charge < -0.3 is 9.47 Å². The van der Waals surface area contributed by atoms with Gasteiger partial charge in [0.05, 0.1) is 23.9 Å². The average molecular weight is 427 g/mol. The lowest BCUT2D eigenvalue weighted by Gasteiger charge is -2.14. The monoisotopic (exact) mass is 426 g/mol. The number of halogens is 4. The zero-order valence-corrected chi connectivity index (χ0v) is 16.0. The Morgan fingerprint density at radius 2 is 1.97 bits per heavy atom. The number of hydrogen-bond acceptors (Lipinski definition) is 6. The molecule has 2 aromatic carbocycles. The number of hydrogen-bond donors (Lipinski definition) is 0. The highest BCUT2D eigenvalue weighted by molar-refractivity contribution is 6.30. The first-order valence-electron chi connectivity index (χ1n) is 8.17. The van der Waals surface area contributed by atoms with Crippen LogP contribution in [-0.4, -0.2) is 33.3 Å². The molecule has 0 unspecified atom stereocenters. The minimum atomic E-state index is -4.66. The van der Waals surface area contributed by atoms with Gasteiger partial charge in [-0.25, -0.2) is 4.79 Å². The summed E-state index contributed by atoms with van der Waals surface area (Å²) in [5.74, 6) is -0.175. The highest BCUT2D eigenvalue weighted by Gasteiger charge is 2.35. The molecule has 152 valence electrons. The van der Waals surface area contributed by atoms with Gasteiger partial charge in [0.2, 0.25) is 0 Å². The smallest absolute Gasteiger partial charge is 0.418 e. The number of alkyl halides is 3. The molecular weight excluding hydrogens is 413 g/mol. The predicted octanol–water partition coefficient (Wildman–Crippen LogP) is 4.01. The fourth-order valence-corrected chi connectivity index (χ4v) is 2.72. The molecule has 0 bridgehead atoms. The summed E-state index contributed by atoms with van der Waals surface area (Å²) in [4.78, 5) is 11.7. The largest absolute Gasteiger partial charge is 0.485 e. The lowest BCUT2D eigenvalue weighted by Crippen LogP contribution is -2.14. The van der Waals surface area contributed by atoms with Crippen molar-refractivity contribution >= 4 is 17.6 Å². The molecule has 0 aliphatic heterocycles. The molecule has 3 rings (SSSR count). The minimum Gasteiger partial charge on any atom is -0.485 e. The van der Waals surface area contributed by atoms with Crippen molar-refractivity contribution < 1.29 is 27.4 Å². The molecule has 11 heteroatoms. The van der Waals surface area contributed by atoms with Crippen LogP contribution in [0.5, 0.6) is 5.75 Å². The molecule has 0 spiro atoms. The summed E-state index contributed by atoms with van der Waals surface area (Å²) in [5.41, 5.74) is -0.295. The van der Waals surface area contributed by atoms with Gasteiger partial charge in [0, 0.05) is 5.02 Å². The topological polar surface area (TPSA) is 79.1 Å². The van der Waals surface area contributed by atoms with Crippen molar-refractivity contribution in [3.63, 3.8) is 0 Å². The molecule has 0 aliphatic rings. The normalized spacial score (nSPS) is 11.4. The van der Waals surface area contributed by atoms with Gasteiger partial charge in [0.1, 0.15) is 12.4 Å². The number of esters is 1. The number of aromatic nitrogens is 4. The summed E-state index contributed by atoms with van der Waals surface area (Å²) < 4.78 is 51.4. The van der Waals surface area contributed by atoms with Crippen LogP contribution >= 0.6 is 11.6 Å². The first-order chi connectivity index (χ1) is 13.7. The summed E-state index contributed by atoms with van der Waals surface area (Å²) in [7, 11) is 1.25. The molecule has 0 amide bonds. The Hall–Kier alpha value is -3.14. The zero-order chi connectivity index (χ0) is 21.2. The third-order valence-corrected chi connectivity index (χ3v) is 4.23. The Kier molecular flexibility index (Phi) is 5.73. The maximum absolute atomic E-state index is 13.4. The van der Waals surface area contributed by atoms with Gasteiger partial charge in [-0.05, 0) is 53.2 Å². The van der Waals surface area contributed by atoms with E-state index in [-0.39, 0.29) is 28.7 Å². The Morgan fingerprint density at radius 1 is 1.21 bits per heavy atom. The fourth-order valence-electron chi connectivity index (χ4n) is 2.55. The third-order valence-electron chi connectivity index (χ3n) is 3.99. The third kappa shape index (κ3) is 4.48. The van der Waals surface area contributed by atoms with E-state index in [2.05, 4.69) is 20.3 Å². The minimum absolute atomic E-state index is 0.0284. The average Bonchev–Trinajstić information content (AvgIpc) is 3.14. The number of carbonyl (C=O) groups excluding carboxylic acids is 1. The van der Waals surface area contributed by atoms with E-state index in [1.54, 1.807) is 19.1 Å². The lowest BCUT2D eigenvalue weighted by atomic mass is 10.1. The molecule has 7 nitrogen and oxygen atoms in total. The van der Waals surface area contributed by atoms with E-state index in [1.807, 2.05) is 0 Å². The van der Waals surface area contributed by atoms with Gasteiger partial charge in [-0.1, -0.05) is 17.7 Å². The van der Waals surface area contributed by atoms with Crippen LogP contribution in [-0.2, 0) is 17.5 Å². The molecule has 0 N–H and O–H groups in total. The van der Waals surface area contributed by atoms with Gasteiger partial charge in [-0.3, -0.25) is 0 Å². The van der Waals surface area contributed by atoms with Crippen LogP contribution in [0.3, 0.4) is 0 Å². The van der Waals surface area contributed by atoms with E-state index in [9.17, 15) is 18.0 Å². The predicted molar refractivity (Wildman–Crippen MR) is 96.0 cm³/mol. The van der Waals surface area contributed by atoms with Crippen molar-refractivity contribution in [3.05, 3.63) is 63.9 Å². The van der Waals surface area contributed by atoms with Crippen LogP contribution in [0.2, 0.25) is 5.02 Å². The Morgan fingerprint density at radius 3 is 2.66 bits per heavy atom. The van der Waals surface area contributed by atoms with Crippen molar-refractivity contribution in [1.82, 2.24) is 20.2 Å². The van der Waals surface area contributed by atoms with Crippen LogP contribution in [0.4, 0.5) is 13.2 Å². The fraction of sp³-hybridized carbons (Fsp3) is 0.222. The standard InChI is InChI=1S/C18H14ClF3N4O3/c1-10-3-4-11(17(27)28-2)7-15(10)29-9-16-23-24-25-26(16)14-6-5-12(19)8-13(14)18(20,21)22/h3-8H,9H2,1-2H3. The molecule has 1 aromatic heterocycles. The second-order valence-electron chi connectivity index (χ2n) is 5.93. The molecule has 0 aliphatic carbocycles. The van der Waals surface area contributed by atoms with Gasteiger partial charge in [0.25, 0.3) is 0 Å². The zero-order valence-electron chi connectivity index (χ0n) is 15.2. The number of carbonyl (C=O) groups is 1. The van der Waals surface area contributed by atoms with E-state index < -0.39 is 17.7 Å². The number of nitrogens with zero attached hydrogens (tertiary/aromatic N) is 4. The maximum atomic E-state index is 13.4. The number of ether oxygens (including phenoxy) is 2. The SMILES string of the molecule is COC(=O)c1ccc(C)c(OCc2nnnn2-c2ccc(Cl)cc2C(F)(F)F)c1. The second kappa shape index (κ2) is 8.08. The van der Waals surface area contributed by atoms with Crippen LogP contribution in [0, 0.1) is 6.92 Å². The summed E-state index contributed by atoms with van der Waals surface area (Å²) in [6.07, 6.45) is -4.66. The van der Waals surface area contributed by atoms with Crippen molar-refractivity contribution in [1.29, 1.82) is 0 Å². The van der Waals surface area contributed by atoms with Crippen molar-refractivity contribution in [2.24, 2.45) is 0 Å². The summed E-state index contributed by atoms with van der Waals surface area (Å²) in [6.45, 7) is 1.51. The molecule has 0 atom stereocenters. The van der Waals surface area contributed by atoms with Crippen LogP contribution in [0.15, 0.2) is 36.4 Å². The van der Waals surface area contributed by atoms with E-state index in [1.165, 1.54) is 25.3 Å². The lowest BCUT2D eigenvalue weighted by molar-refractivity contribution is -0.137. The molecule has 0 radical (unpaired) electrons.